The lowest BCUT2D eigenvalue weighted by Crippen LogP contribution is -2.42. The van der Waals surface area contributed by atoms with E-state index in [0.717, 1.165) is 29.9 Å². The maximum absolute atomic E-state index is 12.4. The summed E-state index contributed by atoms with van der Waals surface area (Å²) in [7, 11) is 0. The van der Waals surface area contributed by atoms with Crippen molar-refractivity contribution in [2.45, 2.75) is 25.7 Å². The third-order valence-corrected chi connectivity index (χ3v) is 5.88. The molecule has 4 rings (SSSR count). The van der Waals surface area contributed by atoms with E-state index in [1.165, 1.54) is 0 Å². The summed E-state index contributed by atoms with van der Waals surface area (Å²) >= 11 is 0. The molecule has 1 aliphatic carbocycles. The number of carboxylic acid groups (broad SMARTS) is 1. The van der Waals surface area contributed by atoms with E-state index in [9.17, 15) is 14.7 Å². The van der Waals surface area contributed by atoms with E-state index in [0.29, 0.717) is 45.7 Å². The molecule has 2 N–H and O–H groups in total. The number of amides is 2. The van der Waals surface area contributed by atoms with Crippen molar-refractivity contribution >= 4 is 12.0 Å². The molecule has 0 spiro atoms. The van der Waals surface area contributed by atoms with Crippen LogP contribution in [0.15, 0.2) is 18.2 Å². The molecule has 0 unspecified atom stereocenters. The van der Waals surface area contributed by atoms with Gasteiger partial charge in [-0.05, 0) is 42.9 Å². The zero-order chi connectivity index (χ0) is 18.1. The number of nitrogens with one attached hydrogen (secondary N) is 1. The van der Waals surface area contributed by atoms with Crippen LogP contribution in [0.5, 0.6) is 11.5 Å². The predicted molar refractivity (Wildman–Crippen MR) is 93.5 cm³/mol. The number of benzene rings is 1. The van der Waals surface area contributed by atoms with Gasteiger partial charge in [-0.1, -0.05) is 12.5 Å². The molecule has 1 aromatic rings. The zero-order valence-electron chi connectivity index (χ0n) is 14.7. The fourth-order valence-corrected chi connectivity index (χ4v) is 4.46. The number of likely N-dealkylation sites (tertiary alicyclic amines) is 1. The molecule has 2 atom stereocenters. The maximum Gasteiger partial charge on any atom is 0.317 e. The standard InChI is InChI=1S/C19H24N2O5/c22-17(23)19-6-1-2-14(19)11-21(12-19)18(24)20-7-5-13-3-4-15-16(10-13)26-9-8-25-15/h3-4,10,14H,1-2,5-9,11-12H2,(H,20,24)(H,22,23)/t14-,19+/m0/s1. The Morgan fingerprint density at radius 2 is 2.08 bits per heavy atom. The molecule has 2 fully saturated rings. The quantitative estimate of drug-likeness (QED) is 0.856. The Kier molecular flexibility index (Phi) is 4.38. The number of fused-ring (bicyclic) bond motifs is 2. The largest absolute Gasteiger partial charge is 0.486 e. The number of carbonyl (C=O) groups excluding carboxylic acids is 1. The molecule has 7 nitrogen and oxygen atoms in total. The summed E-state index contributed by atoms with van der Waals surface area (Å²) in [5.41, 5.74) is 0.336. The molecule has 2 heterocycles. The van der Waals surface area contributed by atoms with Gasteiger partial charge in [0.2, 0.25) is 0 Å². The van der Waals surface area contributed by atoms with Crippen LogP contribution in [0.25, 0.3) is 0 Å². The monoisotopic (exact) mass is 360 g/mol. The number of rotatable bonds is 4. The van der Waals surface area contributed by atoms with E-state index in [-0.39, 0.29) is 11.9 Å². The average Bonchev–Trinajstić information content (AvgIpc) is 3.20. The Hall–Kier alpha value is -2.44. The highest BCUT2D eigenvalue weighted by molar-refractivity contribution is 5.80. The van der Waals surface area contributed by atoms with Gasteiger partial charge in [0.05, 0.1) is 5.41 Å². The lowest BCUT2D eigenvalue weighted by atomic mass is 9.81. The molecule has 2 amide bonds. The Labute approximate surface area is 152 Å². The number of ether oxygens (including phenoxy) is 2. The average molecular weight is 360 g/mol. The summed E-state index contributed by atoms with van der Waals surface area (Å²) in [6, 6.07) is 5.64. The third-order valence-electron chi connectivity index (χ3n) is 5.88. The van der Waals surface area contributed by atoms with Crippen LogP contribution in [0.4, 0.5) is 4.79 Å². The minimum absolute atomic E-state index is 0.0866. The van der Waals surface area contributed by atoms with Gasteiger partial charge in [-0.2, -0.15) is 0 Å². The second kappa shape index (κ2) is 6.70. The highest BCUT2D eigenvalue weighted by atomic mass is 16.6. The number of hydrogen-bond acceptors (Lipinski definition) is 4. The molecule has 1 saturated carbocycles. The first-order chi connectivity index (χ1) is 12.6. The number of carbonyl (C=O) groups is 2. The lowest BCUT2D eigenvalue weighted by molar-refractivity contribution is -0.149. The number of carboxylic acids is 1. The molecule has 140 valence electrons. The summed E-state index contributed by atoms with van der Waals surface area (Å²) in [5, 5.41) is 12.5. The van der Waals surface area contributed by atoms with Crippen molar-refractivity contribution in [3.05, 3.63) is 23.8 Å². The van der Waals surface area contributed by atoms with Crippen LogP contribution in [0.1, 0.15) is 24.8 Å². The molecule has 1 aromatic carbocycles. The van der Waals surface area contributed by atoms with E-state index in [4.69, 9.17) is 9.47 Å². The molecule has 3 aliphatic rings. The number of nitrogens with zero attached hydrogens (tertiary/aromatic N) is 1. The summed E-state index contributed by atoms with van der Waals surface area (Å²) in [4.78, 5) is 25.8. The number of hydrogen-bond donors (Lipinski definition) is 2. The van der Waals surface area contributed by atoms with Crippen molar-refractivity contribution in [3.8, 4) is 11.5 Å². The van der Waals surface area contributed by atoms with Gasteiger partial charge in [-0.25, -0.2) is 4.79 Å². The van der Waals surface area contributed by atoms with Crippen LogP contribution < -0.4 is 14.8 Å². The number of urea groups is 1. The molecule has 26 heavy (non-hydrogen) atoms. The molecule has 0 radical (unpaired) electrons. The van der Waals surface area contributed by atoms with E-state index in [2.05, 4.69) is 5.32 Å². The first-order valence-corrected chi connectivity index (χ1v) is 9.23. The van der Waals surface area contributed by atoms with Gasteiger partial charge in [-0.3, -0.25) is 4.79 Å². The highest BCUT2D eigenvalue weighted by Crippen LogP contribution is 2.48. The first kappa shape index (κ1) is 17.0. The Morgan fingerprint density at radius 3 is 2.85 bits per heavy atom. The summed E-state index contributed by atoms with van der Waals surface area (Å²) in [5.74, 6) is 0.831. The molecule has 0 bridgehead atoms. The van der Waals surface area contributed by atoms with Crippen LogP contribution in [0.2, 0.25) is 0 Å². The zero-order valence-corrected chi connectivity index (χ0v) is 14.7. The Balaban J connectivity index is 1.30. The van der Waals surface area contributed by atoms with Crippen LogP contribution in [0.3, 0.4) is 0 Å². The SMILES string of the molecule is O=C(NCCc1ccc2c(c1)OCCO2)N1C[C@@H]2CCC[C@@]2(C(=O)O)C1. The number of aliphatic carboxylic acids is 1. The van der Waals surface area contributed by atoms with E-state index in [1.807, 2.05) is 18.2 Å². The smallest absolute Gasteiger partial charge is 0.317 e. The highest BCUT2D eigenvalue weighted by Gasteiger charge is 2.55. The fraction of sp³-hybridized carbons (Fsp3) is 0.579. The first-order valence-electron chi connectivity index (χ1n) is 9.23. The maximum atomic E-state index is 12.4. The molecular formula is C19H24N2O5. The van der Waals surface area contributed by atoms with Crippen LogP contribution in [0, 0.1) is 11.3 Å². The normalized spacial score (nSPS) is 26.5. The van der Waals surface area contributed by atoms with Crippen molar-refractivity contribution in [2.24, 2.45) is 11.3 Å². The van der Waals surface area contributed by atoms with Gasteiger partial charge in [-0.15, -0.1) is 0 Å². The topological polar surface area (TPSA) is 88.1 Å². The van der Waals surface area contributed by atoms with E-state index >= 15 is 0 Å². The van der Waals surface area contributed by atoms with Crippen molar-refractivity contribution in [2.75, 3.05) is 32.8 Å². The minimum Gasteiger partial charge on any atom is -0.486 e. The molecular weight excluding hydrogens is 336 g/mol. The van der Waals surface area contributed by atoms with Crippen molar-refractivity contribution in [1.29, 1.82) is 0 Å². The Morgan fingerprint density at radius 1 is 1.27 bits per heavy atom. The van der Waals surface area contributed by atoms with Crippen LogP contribution in [-0.4, -0.2) is 54.9 Å². The lowest BCUT2D eigenvalue weighted by Gasteiger charge is -2.23. The molecule has 7 heteroatoms. The second-order valence-electron chi connectivity index (χ2n) is 7.39. The van der Waals surface area contributed by atoms with Gasteiger partial charge >= 0.3 is 12.0 Å². The summed E-state index contributed by atoms with van der Waals surface area (Å²) < 4.78 is 11.1. The molecule has 0 aromatic heterocycles. The second-order valence-corrected chi connectivity index (χ2v) is 7.39. The molecule has 2 aliphatic heterocycles. The van der Waals surface area contributed by atoms with Gasteiger partial charge in [0, 0.05) is 19.6 Å². The third kappa shape index (κ3) is 2.95. The molecule has 1 saturated heterocycles. The predicted octanol–water partition coefficient (Wildman–Crippen LogP) is 1.90. The van der Waals surface area contributed by atoms with Crippen molar-refractivity contribution < 1.29 is 24.2 Å². The van der Waals surface area contributed by atoms with E-state index < -0.39 is 11.4 Å². The van der Waals surface area contributed by atoms with Gasteiger partial charge in [0.25, 0.3) is 0 Å². The minimum atomic E-state index is -0.758. The van der Waals surface area contributed by atoms with Crippen molar-refractivity contribution in [1.82, 2.24) is 10.2 Å². The van der Waals surface area contributed by atoms with E-state index in [1.54, 1.807) is 4.90 Å². The van der Waals surface area contributed by atoms with Gasteiger partial charge in [0.1, 0.15) is 13.2 Å². The Bertz CT molecular complexity index is 722. The summed E-state index contributed by atoms with van der Waals surface area (Å²) in [6.07, 6.45) is 3.20. The fourth-order valence-electron chi connectivity index (χ4n) is 4.46. The van der Waals surface area contributed by atoms with Crippen LogP contribution in [-0.2, 0) is 11.2 Å². The van der Waals surface area contributed by atoms with Gasteiger partial charge in [0.15, 0.2) is 11.5 Å². The van der Waals surface area contributed by atoms with Crippen LogP contribution >= 0.6 is 0 Å². The summed E-state index contributed by atoms with van der Waals surface area (Å²) in [6.45, 7) is 2.48. The van der Waals surface area contributed by atoms with Crippen molar-refractivity contribution in [3.63, 3.8) is 0 Å². The van der Waals surface area contributed by atoms with Gasteiger partial charge < -0.3 is 24.8 Å².